The van der Waals surface area contributed by atoms with Crippen molar-refractivity contribution in [1.82, 2.24) is 20.2 Å². The van der Waals surface area contributed by atoms with Gasteiger partial charge in [0.1, 0.15) is 6.54 Å². The van der Waals surface area contributed by atoms with E-state index in [-0.39, 0.29) is 12.5 Å². The summed E-state index contributed by atoms with van der Waals surface area (Å²) in [6.45, 7) is 2.99. The first kappa shape index (κ1) is 16.3. The number of amides is 1. The van der Waals surface area contributed by atoms with Crippen LogP contribution in [0, 0.1) is 0 Å². The van der Waals surface area contributed by atoms with Gasteiger partial charge < -0.3 is 4.90 Å². The van der Waals surface area contributed by atoms with Crippen LogP contribution in [0.25, 0.3) is 11.4 Å². The molecule has 8 heteroatoms. The van der Waals surface area contributed by atoms with Crippen molar-refractivity contribution >= 4 is 34.7 Å². The summed E-state index contributed by atoms with van der Waals surface area (Å²) in [5, 5.41) is 16.8. The second-order valence-electron chi connectivity index (χ2n) is 5.89. The van der Waals surface area contributed by atoms with Crippen molar-refractivity contribution in [1.29, 1.82) is 0 Å². The van der Waals surface area contributed by atoms with Crippen molar-refractivity contribution in [3.05, 3.63) is 41.1 Å². The summed E-state index contributed by atoms with van der Waals surface area (Å²) in [6.07, 6.45) is 0.954. The molecule has 1 aliphatic rings. The number of tetrazole rings is 1. The van der Waals surface area contributed by atoms with E-state index in [2.05, 4.69) is 28.4 Å². The van der Waals surface area contributed by atoms with E-state index in [4.69, 9.17) is 0 Å². The molecule has 1 amide bonds. The van der Waals surface area contributed by atoms with Gasteiger partial charge in [-0.05, 0) is 35.2 Å². The first-order chi connectivity index (χ1) is 12.2. The number of para-hydroxylation sites is 1. The molecule has 25 heavy (non-hydrogen) atoms. The Labute approximate surface area is 153 Å². The standard InChI is InChI=1S/C17H17N5OS2/c1-12-6-8-21(14-4-2-3-5-15(14)25-12)16(23)10-22-19-17(18-20-22)13-7-9-24-11-13/h2-5,7,9,11-12H,6,8,10H2,1H3/t12-/m0/s1. The van der Waals surface area contributed by atoms with Gasteiger partial charge >= 0.3 is 0 Å². The van der Waals surface area contributed by atoms with Gasteiger partial charge in [-0.3, -0.25) is 4.79 Å². The Morgan fingerprint density at radius 2 is 2.20 bits per heavy atom. The maximum atomic E-state index is 12.9. The quantitative estimate of drug-likeness (QED) is 0.707. The number of thioether (sulfide) groups is 1. The number of carbonyl (C=O) groups is 1. The van der Waals surface area contributed by atoms with Crippen molar-refractivity contribution in [2.24, 2.45) is 0 Å². The van der Waals surface area contributed by atoms with Crippen molar-refractivity contribution in [3.8, 4) is 11.4 Å². The molecule has 0 aliphatic carbocycles. The number of fused-ring (bicyclic) bond motifs is 1. The van der Waals surface area contributed by atoms with Gasteiger partial charge in [-0.2, -0.15) is 16.1 Å². The topological polar surface area (TPSA) is 63.9 Å². The zero-order valence-corrected chi connectivity index (χ0v) is 15.3. The summed E-state index contributed by atoms with van der Waals surface area (Å²) in [5.74, 6) is 0.533. The molecule has 0 bridgehead atoms. The molecular formula is C17H17N5OS2. The number of hydrogen-bond donors (Lipinski definition) is 0. The van der Waals surface area contributed by atoms with Crippen molar-refractivity contribution < 1.29 is 4.79 Å². The Balaban J connectivity index is 1.55. The van der Waals surface area contributed by atoms with Gasteiger partial charge in [-0.25, -0.2) is 0 Å². The molecule has 1 aliphatic heterocycles. The zero-order chi connectivity index (χ0) is 17.2. The number of thiophene rings is 1. The van der Waals surface area contributed by atoms with E-state index < -0.39 is 0 Å². The summed E-state index contributed by atoms with van der Waals surface area (Å²) in [5.41, 5.74) is 1.90. The maximum Gasteiger partial charge on any atom is 0.250 e. The van der Waals surface area contributed by atoms with Crippen LogP contribution in [0.3, 0.4) is 0 Å². The highest BCUT2D eigenvalue weighted by molar-refractivity contribution is 8.00. The molecule has 2 aromatic heterocycles. The largest absolute Gasteiger partial charge is 0.310 e. The Hall–Kier alpha value is -2.19. The number of carbonyl (C=O) groups excluding carboxylic acids is 1. The first-order valence-corrected chi connectivity index (χ1v) is 9.89. The molecule has 0 spiro atoms. The summed E-state index contributed by atoms with van der Waals surface area (Å²) in [6, 6.07) is 10.0. The molecule has 0 saturated heterocycles. The third kappa shape index (κ3) is 3.45. The van der Waals surface area contributed by atoms with Crippen LogP contribution in [-0.2, 0) is 11.3 Å². The van der Waals surface area contributed by atoms with Crippen LogP contribution in [-0.4, -0.2) is 37.9 Å². The summed E-state index contributed by atoms with van der Waals surface area (Å²) in [4.78, 5) is 17.2. The molecule has 0 N–H and O–H groups in total. The summed E-state index contributed by atoms with van der Waals surface area (Å²) in [7, 11) is 0. The lowest BCUT2D eigenvalue weighted by molar-refractivity contribution is -0.119. The Morgan fingerprint density at radius 3 is 3.04 bits per heavy atom. The average molecular weight is 371 g/mol. The normalized spacial score (nSPS) is 17.2. The number of aromatic nitrogens is 4. The van der Waals surface area contributed by atoms with E-state index in [1.807, 2.05) is 51.7 Å². The number of anilines is 1. The molecular weight excluding hydrogens is 354 g/mol. The molecule has 0 radical (unpaired) electrons. The molecule has 4 rings (SSSR count). The first-order valence-electron chi connectivity index (χ1n) is 8.07. The smallest absolute Gasteiger partial charge is 0.250 e. The SMILES string of the molecule is C[C@H]1CCN(C(=O)Cn2nnc(-c3ccsc3)n2)c2ccccc2S1. The predicted molar refractivity (Wildman–Crippen MR) is 99.9 cm³/mol. The lowest BCUT2D eigenvalue weighted by Gasteiger charge is -2.22. The van der Waals surface area contributed by atoms with Crippen molar-refractivity contribution in [2.45, 2.75) is 30.0 Å². The molecule has 1 atom stereocenters. The van der Waals surface area contributed by atoms with Crippen molar-refractivity contribution in [2.75, 3.05) is 11.4 Å². The van der Waals surface area contributed by atoms with Gasteiger partial charge in [0.05, 0.1) is 5.69 Å². The molecule has 6 nitrogen and oxygen atoms in total. The molecule has 1 aromatic carbocycles. The van der Waals surface area contributed by atoms with E-state index >= 15 is 0 Å². The van der Waals surface area contributed by atoms with E-state index in [0.29, 0.717) is 17.6 Å². The Morgan fingerprint density at radius 1 is 1.32 bits per heavy atom. The predicted octanol–water partition coefficient (Wildman–Crippen LogP) is 3.32. The molecule has 3 heterocycles. The van der Waals surface area contributed by atoms with E-state index in [1.165, 1.54) is 4.80 Å². The van der Waals surface area contributed by atoms with E-state index in [0.717, 1.165) is 22.6 Å². The van der Waals surface area contributed by atoms with Crippen LogP contribution in [0.4, 0.5) is 5.69 Å². The van der Waals surface area contributed by atoms with Gasteiger partial charge in [-0.15, -0.1) is 22.0 Å². The van der Waals surface area contributed by atoms with Gasteiger partial charge in [0, 0.05) is 27.6 Å². The second-order valence-corrected chi connectivity index (χ2v) is 8.15. The Kier molecular flexibility index (Phi) is 4.54. The van der Waals surface area contributed by atoms with Crippen LogP contribution >= 0.6 is 23.1 Å². The van der Waals surface area contributed by atoms with Gasteiger partial charge in [0.15, 0.2) is 0 Å². The summed E-state index contributed by atoms with van der Waals surface area (Å²) >= 11 is 3.40. The highest BCUT2D eigenvalue weighted by atomic mass is 32.2. The fourth-order valence-corrected chi connectivity index (χ4v) is 4.52. The highest BCUT2D eigenvalue weighted by Gasteiger charge is 2.24. The lowest BCUT2D eigenvalue weighted by atomic mass is 10.2. The van der Waals surface area contributed by atoms with E-state index in [9.17, 15) is 4.79 Å². The average Bonchev–Trinajstić information content (AvgIpc) is 3.25. The third-order valence-corrected chi connectivity index (χ3v) is 5.97. The number of rotatable bonds is 3. The highest BCUT2D eigenvalue weighted by Crippen LogP contribution is 2.37. The molecule has 3 aromatic rings. The van der Waals surface area contributed by atoms with Crippen molar-refractivity contribution in [3.63, 3.8) is 0 Å². The third-order valence-electron chi connectivity index (χ3n) is 4.05. The van der Waals surface area contributed by atoms with Gasteiger partial charge in [0.25, 0.3) is 5.91 Å². The molecule has 0 saturated carbocycles. The van der Waals surface area contributed by atoms with E-state index in [1.54, 1.807) is 11.3 Å². The Bertz CT molecular complexity index is 877. The van der Waals surface area contributed by atoms with Crippen LogP contribution < -0.4 is 4.90 Å². The lowest BCUT2D eigenvalue weighted by Crippen LogP contribution is -2.35. The molecule has 0 unspecified atom stereocenters. The maximum absolute atomic E-state index is 12.9. The van der Waals surface area contributed by atoms with Crippen LogP contribution in [0.2, 0.25) is 0 Å². The minimum Gasteiger partial charge on any atom is -0.310 e. The fourth-order valence-electron chi connectivity index (χ4n) is 2.77. The monoisotopic (exact) mass is 371 g/mol. The van der Waals surface area contributed by atoms with Crippen LogP contribution in [0.1, 0.15) is 13.3 Å². The number of benzene rings is 1. The number of nitrogens with zero attached hydrogens (tertiary/aromatic N) is 5. The second kappa shape index (κ2) is 6.97. The zero-order valence-electron chi connectivity index (χ0n) is 13.7. The minimum atomic E-state index is -0.0172. The van der Waals surface area contributed by atoms with Gasteiger partial charge in [-0.1, -0.05) is 19.1 Å². The minimum absolute atomic E-state index is 0.0172. The van der Waals surface area contributed by atoms with Crippen LogP contribution in [0.15, 0.2) is 46.0 Å². The van der Waals surface area contributed by atoms with Crippen LogP contribution in [0.5, 0.6) is 0 Å². The molecule has 128 valence electrons. The number of hydrogen-bond acceptors (Lipinski definition) is 6. The summed E-state index contributed by atoms with van der Waals surface area (Å²) < 4.78 is 0. The fraction of sp³-hybridized carbons (Fsp3) is 0.294. The molecule has 0 fully saturated rings. The van der Waals surface area contributed by atoms with Gasteiger partial charge in [0.2, 0.25) is 5.82 Å².